The third-order valence-electron chi connectivity index (χ3n) is 6.12. The normalized spacial score (nSPS) is 22.1. The van der Waals surface area contributed by atoms with Gasteiger partial charge in [-0.3, -0.25) is 0 Å². The lowest BCUT2D eigenvalue weighted by atomic mass is 9.75. The number of aldehydes is 1. The molecule has 0 spiro atoms. The summed E-state index contributed by atoms with van der Waals surface area (Å²) >= 11 is 0. The number of carbonyl (C=O) groups excluding carboxylic acids is 2. The molecule has 0 aromatic heterocycles. The fraction of sp³-hybridized carbons (Fsp3) is 0.652. The van der Waals surface area contributed by atoms with Crippen molar-refractivity contribution in [2.75, 3.05) is 13.6 Å². The molecule has 0 saturated heterocycles. The molecule has 3 atom stereocenters. The van der Waals surface area contributed by atoms with E-state index in [-0.39, 0.29) is 19.2 Å². The zero-order chi connectivity index (χ0) is 21.4. The van der Waals surface area contributed by atoms with E-state index in [2.05, 4.69) is 45.1 Å². The van der Waals surface area contributed by atoms with Crippen LogP contribution in [0.1, 0.15) is 52.5 Å². The van der Waals surface area contributed by atoms with E-state index in [0.717, 1.165) is 31.1 Å². The first-order valence-corrected chi connectivity index (χ1v) is 10.7. The summed E-state index contributed by atoms with van der Waals surface area (Å²) in [7, 11) is 2.19. The van der Waals surface area contributed by atoms with Crippen LogP contribution in [0.5, 0.6) is 0 Å². The molecule has 2 rings (SSSR count). The Balaban J connectivity index is 2.00. The number of rotatable bonds is 9. The molecular formula is C23H37N3O3. The lowest BCUT2D eigenvalue weighted by molar-refractivity contribution is -0.109. The molecule has 0 aliphatic heterocycles. The van der Waals surface area contributed by atoms with E-state index < -0.39 is 6.09 Å². The minimum atomic E-state index is -0.509. The van der Waals surface area contributed by atoms with Crippen molar-refractivity contribution in [3.05, 3.63) is 35.9 Å². The van der Waals surface area contributed by atoms with E-state index in [1.165, 1.54) is 5.01 Å². The Kier molecular flexibility index (Phi) is 9.11. The van der Waals surface area contributed by atoms with Gasteiger partial charge < -0.3 is 14.4 Å². The second-order valence-corrected chi connectivity index (χ2v) is 8.69. The van der Waals surface area contributed by atoms with Gasteiger partial charge in [0, 0.05) is 18.1 Å². The minimum absolute atomic E-state index is 0.0235. The Bertz CT molecular complexity index is 636. The van der Waals surface area contributed by atoms with Crippen LogP contribution in [0.3, 0.4) is 0 Å². The van der Waals surface area contributed by atoms with E-state index in [9.17, 15) is 9.59 Å². The first-order chi connectivity index (χ1) is 13.8. The van der Waals surface area contributed by atoms with Crippen LogP contribution in [0.25, 0.3) is 0 Å². The Hall–Kier alpha value is -1.92. The van der Waals surface area contributed by atoms with Gasteiger partial charge in [0.15, 0.2) is 0 Å². The van der Waals surface area contributed by atoms with Gasteiger partial charge in [-0.15, -0.1) is 0 Å². The molecule has 0 heterocycles. The van der Waals surface area contributed by atoms with Crippen molar-refractivity contribution >= 4 is 12.4 Å². The quantitative estimate of drug-likeness (QED) is 0.501. The molecule has 1 N–H and O–H groups in total. The largest absolute Gasteiger partial charge is 0.444 e. The zero-order valence-electron chi connectivity index (χ0n) is 18.5. The van der Waals surface area contributed by atoms with Crippen molar-refractivity contribution in [3.8, 4) is 0 Å². The number of nitrogens with one attached hydrogen (secondary N) is 1. The first kappa shape index (κ1) is 23.4. The molecule has 0 bridgehead atoms. The maximum atomic E-state index is 12.6. The molecule has 0 radical (unpaired) electrons. The van der Waals surface area contributed by atoms with E-state index in [0.29, 0.717) is 23.9 Å². The zero-order valence-corrected chi connectivity index (χ0v) is 18.5. The van der Waals surface area contributed by atoms with E-state index in [1.54, 1.807) is 0 Å². The lowest BCUT2D eigenvalue weighted by Crippen LogP contribution is -2.56. The van der Waals surface area contributed by atoms with Crippen molar-refractivity contribution in [3.63, 3.8) is 0 Å². The van der Waals surface area contributed by atoms with Gasteiger partial charge in [0.1, 0.15) is 12.9 Å². The maximum absolute atomic E-state index is 12.6. The Morgan fingerprint density at radius 2 is 1.90 bits per heavy atom. The number of hydrogen-bond donors (Lipinski definition) is 1. The number of nitrogens with zero attached hydrogens (tertiary/aromatic N) is 2. The van der Waals surface area contributed by atoms with Crippen LogP contribution >= 0.6 is 0 Å². The predicted octanol–water partition coefficient (Wildman–Crippen LogP) is 3.86. The number of hydrazine groups is 1. The van der Waals surface area contributed by atoms with Crippen LogP contribution in [0.15, 0.2) is 30.3 Å². The Morgan fingerprint density at radius 1 is 1.21 bits per heavy atom. The molecule has 1 aliphatic rings. The van der Waals surface area contributed by atoms with Gasteiger partial charge in [-0.05, 0) is 57.6 Å². The van der Waals surface area contributed by atoms with Gasteiger partial charge in [0.25, 0.3) is 0 Å². The number of benzene rings is 1. The molecule has 1 aliphatic carbocycles. The summed E-state index contributed by atoms with van der Waals surface area (Å²) in [4.78, 5) is 26.2. The summed E-state index contributed by atoms with van der Waals surface area (Å²) in [5.74, 6) is 0.903. The molecule has 6 nitrogen and oxygen atoms in total. The summed E-state index contributed by atoms with van der Waals surface area (Å²) in [5.41, 5.74) is 4.24. The van der Waals surface area contributed by atoms with Crippen molar-refractivity contribution in [1.82, 2.24) is 15.3 Å². The molecule has 0 unspecified atom stereocenters. The van der Waals surface area contributed by atoms with Crippen molar-refractivity contribution < 1.29 is 14.3 Å². The predicted molar refractivity (Wildman–Crippen MR) is 115 cm³/mol. The summed E-state index contributed by atoms with van der Waals surface area (Å²) in [6.45, 7) is 9.08. The molecule has 1 aromatic carbocycles. The highest BCUT2D eigenvalue weighted by Gasteiger charge is 2.36. The van der Waals surface area contributed by atoms with E-state index >= 15 is 0 Å². The van der Waals surface area contributed by atoms with Gasteiger partial charge in [-0.25, -0.2) is 15.2 Å². The monoisotopic (exact) mass is 403 g/mol. The van der Waals surface area contributed by atoms with Crippen molar-refractivity contribution in [1.29, 1.82) is 0 Å². The molecule has 1 saturated carbocycles. The van der Waals surface area contributed by atoms with Crippen LogP contribution in [0.2, 0.25) is 0 Å². The van der Waals surface area contributed by atoms with Crippen LogP contribution in [-0.2, 0) is 16.1 Å². The second-order valence-electron chi connectivity index (χ2n) is 8.69. The van der Waals surface area contributed by atoms with Gasteiger partial charge in [-0.2, -0.15) is 0 Å². The van der Waals surface area contributed by atoms with E-state index in [1.807, 2.05) is 30.3 Å². The number of ether oxygens (including phenoxy) is 1. The molecule has 1 amide bonds. The molecule has 6 heteroatoms. The SMILES string of the molecule is CC(C)[C@@H]1C[C@H](N(C)C(C)C)CC[C@@H]1NN(CC=O)C(=O)OCc1ccccc1. The molecule has 29 heavy (non-hydrogen) atoms. The summed E-state index contributed by atoms with van der Waals surface area (Å²) in [5, 5.41) is 1.34. The minimum Gasteiger partial charge on any atom is -0.444 e. The fourth-order valence-electron chi connectivity index (χ4n) is 4.12. The maximum Gasteiger partial charge on any atom is 0.425 e. The molecule has 162 valence electrons. The third kappa shape index (κ3) is 6.82. The number of carbonyl (C=O) groups is 2. The van der Waals surface area contributed by atoms with Gasteiger partial charge in [-0.1, -0.05) is 44.2 Å². The molecule has 1 fully saturated rings. The second kappa shape index (κ2) is 11.3. The van der Waals surface area contributed by atoms with Crippen molar-refractivity contribution in [2.45, 2.75) is 71.7 Å². The van der Waals surface area contributed by atoms with Gasteiger partial charge in [0.2, 0.25) is 0 Å². The summed E-state index contributed by atoms with van der Waals surface area (Å²) in [6.07, 6.45) is 3.34. The summed E-state index contributed by atoms with van der Waals surface area (Å²) in [6, 6.07) is 10.8. The average molecular weight is 404 g/mol. The topological polar surface area (TPSA) is 61.9 Å². The third-order valence-corrected chi connectivity index (χ3v) is 6.12. The van der Waals surface area contributed by atoms with Gasteiger partial charge >= 0.3 is 6.09 Å². The Morgan fingerprint density at radius 3 is 2.48 bits per heavy atom. The highest BCUT2D eigenvalue weighted by Crippen LogP contribution is 2.33. The molecular weight excluding hydrogens is 366 g/mol. The van der Waals surface area contributed by atoms with Crippen LogP contribution in [0, 0.1) is 11.8 Å². The summed E-state index contributed by atoms with van der Waals surface area (Å²) < 4.78 is 5.43. The van der Waals surface area contributed by atoms with Crippen LogP contribution in [-0.4, -0.2) is 54.0 Å². The number of hydrogen-bond acceptors (Lipinski definition) is 5. The average Bonchev–Trinajstić information content (AvgIpc) is 2.71. The highest BCUT2D eigenvalue weighted by molar-refractivity contribution is 5.70. The fourth-order valence-corrected chi connectivity index (χ4v) is 4.12. The first-order valence-electron chi connectivity index (χ1n) is 10.7. The number of amides is 1. The Labute approximate surface area is 175 Å². The van der Waals surface area contributed by atoms with Crippen LogP contribution < -0.4 is 5.43 Å². The molecule has 1 aromatic rings. The standard InChI is InChI=1S/C23H37N3O3/c1-17(2)21-15-20(25(5)18(3)4)11-12-22(21)24-26(13-14-27)23(28)29-16-19-9-7-6-8-10-19/h6-10,14,17-18,20-22,24H,11-13,15-16H2,1-5H3/t20-,21+,22+/m1/s1. The smallest absolute Gasteiger partial charge is 0.425 e. The van der Waals surface area contributed by atoms with Gasteiger partial charge in [0.05, 0.1) is 6.54 Å². The van der Waals surface area contributed by atoms with Crippen molar-refractivity contribution in [2.24, 2.45) is 11.8 Å². The highest BCUT2D eigenvalue weighted by atomic mass is 16.6. The lowest BCUT2D eigenvalue weighted by Gasteiger charge is -2.44. The van der Waals surface area contributed by atoms with E-state index in [4.69, 9.17) is 4.74 Å². The van der Waals surface area contributed by atoms with Crippen LogP contribution in [0.4, 0.5) is 4.79 Å².